The Hall–Kier alpha value is -0.120. The monoisotopic (exact) mass is 204 g/mol. The van der Waals surface area contributed by atoms with Gasteiger partial charge in [0.2, 0.25) is 0 Å². The summed E-state index contributed by atoms with van der Waals surface area (Å²) in [6.07, 6.45) is 1.75. The highest BCUT2D eigenvalue weighted by Gasteiger charge is 1.76. The Morgan fingerprint density at radius 3 is 2.86 bits per heavy atom. The molecule has 1 aromatic rings. The molecule has 0 N–H and O–H groups in total. The molecule has 7 heavy (non-hydrogen) atoms. The van der Waals surface area contributed by atoms with Crippen LogP contribution in [0.2, 0.25) is 0 Å². The zero-order valence-corrected chi connectivity index (χ0v) is 5.71. The lowest BCUT2D eigenvalue weighted by Gasteiger charge is -1.79. The summed E-state index contributed by atoms with van der Waals surface area (Å²) in [7, 11) is 0. The number of hydrogen-bond acceptors (Lipinski definition) is 1. The van der Waals surface area contributed by atoms with Gasteiger partial charge < -0.3 is 0 Å². The molecule has 1 radical (unpaired) electrons. The summed E-state index contributed by atoms with van der Waals surface area (Å²) in [5.41, 5.74) is 0. The van der Waals surface area contributed by atoms with Crippen LogP contribution in [-0.2, 0) is 0 Å². The predicted octanol–water partition coefficient (Wildman–Crippen LogP) is 1.49. The number of hydrogen-bond donors (Lipinski definition) is 0. The molecule has 0 aliphatic heterocycles. The molecule has 1 heterocycles. The van der Waals surface area contributed by atoms with Gasteiger partial charge in [0.15, 0.2) is 0 Å². The van der Waals surface area contributed by atoms with Crippen molar-refractivity contribution >= 4 is 22.6 Å². The Morgan fingerprint density at radius 1 is 1.71 bits per heavy atom. The van der Waals surface area contributed by atoms with Crippen molar-refractivity contribution in [1.29, 1.82) is 0 Å². The molecule has 1 nitrogen and oxygen atoms in total. The van der Waals surface area contributed by atoms with Crippen LogP contribution in [0.3, 0.4) is 0 Å². The minimum absolute atomic E-state index is 0.917. The molecule has 0 bridgehead atoms. The molecule has 0 saturated heterocycles. The summed E-state index contributed by atoms with van der Waals surface area (Å²) >= 11 is 2.11. The van der Waals surface area contributed by atoms with Crippen molar-refractivity contribution in [3.05, 3.63) is 28.1 Å². The Balaban J connectivity index is 3.02. The third kappa shape index (κ3) is 1.43. The van der Waals surface area contributed by atoms with E-state index in [9.17, 15) is 0 Å². The fraction of sp³-hybridized carbons (Fsp3) is 0. The van der Waals surface area contributed by atoms with E-state index in [1.54, 1.807) is 6.20 Å². The Morgan fingerprint density at radius 2 is 2.57 bits per heavy atom. The number of rotatable bonds is 0. The van der Waals surface area contributed by atoms with Crippen molar-refractivity contribution in [2.75, 3.05) is 0 Å². The fourth-order valence-corrected chi connectivity index (χ4v) is 0.646. The Bertz CT molecular complexity index is 138. The predicted molar refractivity (Wildman–Crippen MR) is 35.8 cm³/mol. The van der Waals surface area contributed by atoms with E-state index in [-0.39, 0.29) is 0 Å². The lowest BCUT2D eigenvalue weighted by molar-refractivity contribution is 1.27. The van der Waals surface area contributed by atoms with Crippen molar-refractivity contribution in [2.24, 2.45) is 0 Å². The van der Waals surface area contributed by atoms with Gasteiger partial charge in [-0.05, 0) is 28.7 Å². The molecule has 1 aromatic heterocycles. The van der Waals surface area contributed by atoms with Crippen molar-refractivity contribution in [2.45, 2.75) is 0 Å². The molecule has 1 rings (SSSR count). The molecule has 0 fully saturated rings. The van der Waals surface area contributed by atoms with Gasteiger partial charge in [-0.25, -0.2) is 4.98 Å². The SMILES string of the molecule is Ic1[c]cccn1. The zero-order chi connectivity index (χ0) is 5.11. The molecular weight excluding hydrogens is 201 g/mol. The van der Waals surface area contributed by atoms with Crippen LogP contribution < -0.4 is 0 Å². The average Bonchev–Trinajstić information content (AvgIpc) is 1.69. The third-order valence-corrected chi connectivity index (χ3v) is 1.16. The van der Waals surface area contributed by atoms with E-state index in [1.165, 1.54) is 0 Å². The minimum atomic E-state index is 0.917. The van der Waals surface area contributed by atoms with Gasteiger partial charge in [0, 0.05) is 12.3 Å². The van der Waals surface area contributed by atoms with Crippen LogP contribution in [0.4, 0.5) is 0 Å². The van der Waals surface area contributed by atoms with Crippen molar-refractivity contribution in [3.8, 4) is 0 Å². The maximum Gasteiger partial charge on any atom is 0.109 e. The van der Waals surface area contributed by atoms with Crippen LogP contribution in [0.15, 0.2) is 18.3 Å². The van der Waals surface area contributed by atoms with Gasteiger partial charge >= 0.3 is 0 Å². The highest BCUT2D eigenvalue weighted by atomic mass is 127. The molecule has 0 spiro atoms. The van der Waals surface area contributed by atoms with Crippen LogP contribution in [-0.4, -0.2) is 4.98 Å². The molecule has 0 amide bonds. The standard InChI is InChI=1S/C5H3IN/c6-5-3-1-2-4-7-5/h1-2,4H. The largest absolute Gasteiger partial charge is 0.250 e. The average molecular weight is 204 g/mol. The van der Waals surface area contributed by atoms with Crippen molar-refractivity contribution in [1.82, 2.24) is 4.98 Å². The molecule has 0 atom stereocenters. The summed E-state index contributed by atoms with van der Waals surface area (Å²) in [6.45, 7) is 0. The van der Waals surface area contributed by atoms with Gasteiger partial charge in [-0.2, -0.15) is 0 Å². The first-order valence-electron chi connectivity index (χ1n) is 1.88. The van der Waals surface area contributed by atoms with Crippen LogP contribution in [0, 0.1) is 9.77 Å². The van der Waals surface area contributed by atoms with Crippen LogP contribution in [0.25, 0.3) is 0 Å². The number of halogens is 1. The van der Waals surface area contributed by atoms with E-state index in [2.05, 4.69) is 33.6 Å². The number of pyridine rings is 1. The van der Waals surface area contributed by atoms with E-state index < -0.39 is 0 Å². The highest BCUT2D eigenvalue weighted by Crippen LogP contribution is 1.93. The summed E-state index contributed by atoms with van der Waals surface area (Å²) in [5, 5.41) is 0. The zero-order valence-electron chi connectivity index (χ0n) is 3.56. The topological polar surface area (TPSA) is 12.9 Å². The molecule has 0 saturated carbocycles. The number of aromatic nitrogens is 1. The van der Waals surface area contributed by atoms with Crippen LogP contribution in [0.1, 0.15) is 0 Å². The van der Waals surface area contributed by atoms with Gasteiger partial charge in [-0.15, -0.1) is 0 Å². The van der Waals surface area contributed by atoms with Crippen LogP contribution in [0.5, 0.6) is 0 Å². The molecule has 0 aliphatic carbocycles. The first kappa shape index (κ1) is 5.03. The van der Waals surface area contributed by atoms with Crippen molar-refractivity contribution < 1.29 is 0 Å². The van der Waals surface area contributed by atoms with Crippen molar-refractivity contribution in [3.63, 3.8) is 0 Å². The summed E-state index contributed by atoms with van der Waals surface area (Å²) in [4.78, 5) is 3.91. The molecular formula is C5H3IN. The van der Waals surface area contributed by atoms with Gasteiger partial charge in [-0.3, -0.25) is 0 Å². The molecule has 0 unspecified atom stereocenters. The van der Waals surface area contributed by atoms with Gasteiger partial charge in [0.25, 0.3) is 0 Å². The molecule has 0 aromatic carbocycles. The van der Waals surface area contributed by atoms with E-state index in [1.807, 2.05) is 12.1 Å². The summed E-state index contributed by atoms with van der Waals surface area (Å²) in [6, 6.07) is 6.60. The smallest absolute Gasteiger partial charge is 0.109 e. The van der Waals surface area contributed by atoms with E-state index in [0.29, 0.717) is 0 Å². The van der Waals surface area contributed by atoms with Crippen LogP contribution >= 0.6 is 22.6 Å². The van der Waals surface area contributed by atoms with Gasteiger partial charge in [-0.1, -0.05) is 6.07 Å². The lowest BCUT2D eigenvalue weighted by Crippen LogP contribution is -1.72. The molecule has 0 aliphatic rings. The van der Waals surface area contributed by atoms with E-state index in [0.717, 1.165) is 3.70 Å². The van der Waals surface area contributed by atoms with Gasteiger partial charge in [0.05, 0.1) is 0 Å². The highest BCUT2D eigenvalue weighted by molar-refractivity contribution is 14.1. The maximum atomic E-state index is 3.91. The molecule has 35 valence electrons. The second kappa shape index (κ2) is 2.26. The second-order valence-corrected chi connectivity index (χ2v) is 2.09. The van der Waals surface area contributed by atoms with E-state index in [4.69, 9.17) is 0 Å². The van der Waals surface area contributed by atoms with Gasteiger partial charge in [0.1, 0.15) is 3.70 Å². The first-order chi connectivity index (χ1) is 3.39. The first-order valence-corrected chi connectivity index (χ1v) is 2.95. The third-order valence-electron chi connectivity index (χ3n) is 0.573. The maximum absolute atomic E-state index is 3.91. The fourth-order valence-electron chi connectivity index (χ4n) is 0.306. The summed E-state index contributed by atoms with van der Waals surface area (Å²) in [5.74, 6) is 0. The Kier molecular flexibility index (Phi) is 1.62. The summed E-state index contributed by atoms with van der Waals surface area (Å²) < 4.78 is 0.917. The quantitative estimate of drug-likeness (QED) is 0.460. The molecule has 2 heteroatoms. The lowest BCUT2D eigenvalue weighted by atomic mass is 10.5. The normalized spacial score (nSPS) is 8.71. The van der Waals surface area contributed by atoms with E-state index >= 15 is 0 Å². The number of nitrogens with zero attached hydrogens (tertiary/aromatic N) is 1. The minimum Gasteiger partial charge on any atom is -0.250 e. The second-order valence-electron chi connectivity index (χ2n) is 1.07. The Labute approximate surface area is 55.9 Å².